The lowest BCUT2D eigenvalue weighted by molar-refractivity contribution is 0.0951. The zero-order valence-electron chi connectivity index (χ0n) is 10.1. The number of hydrogen-bond donors (Lipinski definition) is 3. The summed E-state index contributed by atoms with van der Waals surface area (Å²) in [6.07, 6.45) is 0. The number of aromatic hydroxyl groups is 1. The zero-order valence-corrected chi connectivity index (χ0v) is 10.8. The highest BCUT2D eigenvalue weighted by Gasteiger charge is 2.08. The lowest BCUT2D eigenvalue weighted by Gasteiger charge is -2.07. The van der Waals surface area contributed by atoms with Crippen LogP contribution in [0.25, 0.3) is 0 Å². The van der Waals surface area contributed by atoms with E-state index in [0.717, 1.165) is 0 Å². The van der Waals surface area contributed by atoms with Gasteiger partial charge in [-0.3, -0.25) is 4.79 Å². The Bertz CT molecular complexity index is 614. The number of carbonyl (C=O) groups excluding carboxylic acids is 1. The summed E-state index contributed by atoms with van der Waals surface area (Å²) in [7, 11) is 0. The molecular weight excluding hydrogens is 264 g/mol. The van der Waals surface area contributed by atoms with Crippen LogP contribution in [0.1, 0.15) is 15.9 Å². The Hall–Kier alpha value is -2.20. The molecule has 0 spiro atoms. The minimum atomic E-state index is -0.273. The Labute approximate surface area is 115 Å². The van der Waals surface area contributed by atoms with Gasteiger partial charge < -0.3 is 16.2 Å². The van der Waals surface area contributed by atoms with Gasteiger partial charge >= 0.3 is 0 Å². The van der Waals surface area contributed by atoms with Crippen LogP contribution in [-0.4, -0.2) is 11.0 Å². The number of carbonyl (C=O) groups is 1. The molecule has 0 unspecified atom stereocenters. The van der Waals surface area contributed by atoms with Gasteiger partial charge in [0.05, 0.1) is 10.7 Å². The van der Waals surface area contributed by atoms with E-state index in [1.54, 1.807) is 36.4 Å². The summed E-state index contributed by atoms with van der Waals surface area (Å²) in [6, 6.07) is 11.5. The summed E-state index contributed by atoms with van der Waals surface area (Å²) in [5, 5.41) is 12.6. The first kappa shape index (κ1) is 13.2. The number of nitrogen functional groups attached to an aromatic ring is 1. The van der Waals surface area contributed by atoms with E-state index >= 15 is 0 Å². The lowest BCUT2D eigenvalue weighted by Crippen LogP contribution is -2.22. The first-order valence-corrected chi connectivity index (χ1v) is 6.06. The van der Waals surface area contributed by atoms with Crippen molar-refractivity contribution in [2.75, 3.05) is 5.73 Å². The van der Waals surface area contributed by atoms with Crippen molar-refractivity contribution in [3.63, 3.8) is 0 Å². The van der Waals surface area contributed by atoms with Gasteiger partial charge in [0, 0.05) is 17.7 Å². The summed E-state index contributed by atoms with van der Waals surface area (Å²) in [4.78, 5) is 11.9. The minimum Gasteiger partial charge on any atom is -0.508 e. The number of rotatable bonds is 3. The molecule has 0 bridgehead atoms. The third-order valence-corrected chi connectivity index (χ3v) is 3.02. The summed E-state index contributed by atoms with van der Waals surface area (Å²) in [5.74, 6) is -0.122. The van der Waals surface area contributed by atoms with Crippen molar-refractivity contribution in [1.82, 2.24) is 5.32 Å². The number of halogens is 1. The van der Waals surface area contributed by atoms with Crippen molar-refractivity contribution in [2.24, 2.45) is 0 Å². The molecule has 0 aliphatic heterocycles. The quantitative estimate of drug-likeness (QED) is 0.754. The number of anilines is 1. The third kappa shape index (κ3) is 3.17. The van der Waals surface area contributed by atoms with Crippen LogP contribution < -0.4 is 11.1 Å². The van der Waals surface area contributed by atoms with Crippen molar-refractivity contribution in [3.05, 3.63) is 58.6 Å². The molecular formula is C14H13ClN2O2. The number of nitrogens with one attached hydrogen (secondary N) is 1. The zero-order chi connectivity index (χ0) is 13.8. The second-order valence-electron chi connectivity index (χ2n) is 4.05. The van der Waals surface area contributed by atoms with E-state index in [4.69, 9.17) is 17.3 Å². The van der Waals surface area contributed by atoms with Crippen LogP contribution in [0.2, 0.25) is 5.02 Å². The van der Waals surface area contributed by atoms with E-state index in [-0.39, 0.29) is 18.2 Å². The fraction of sp³-hybridized carbons (Fsp3) is 0.0714. The predicted octanol–water partition coefficient (Wildman–Crippen LogP) is 2.56. The second-order valence-corrected chi connectivity index (χ2v) is 4.45. The summed E-state index contributed by atoms with van der Waals surface area (Å²) >= 11 is 5.86. The number of phenols is 1. The summed E-state index contributed by atoms with van der Waals surface area (Å²) < 4.78 is 0. The van der Waals surface area contributed by atoms with E-state index in [2.05, 4.69) is 5.32 Å². The molecule has 0 saturated heterocycles. The van der Waals surface area contributed by atoms with Crippen molar-refractivity contribution in [1.29, 1.82) is 0 Å². The number of para-hydroxylation sites is 1. The van der Waals surface area contributed by atoms with E-state index in [0.29, 0.717) is 21.8 Å². The third-order valence-electron chi connectivity index (χ3n) is 2.69. The molecule has 0 atom stereocenters. The molecule has 2 aromatic carbocycles. The van der Waals surface area contributed by atoms with E-state index in [1.807, 2.05) is 0 Å². The predicted molar refractivity (Wildman–Crippen MR) is 75.1 cm³/mol. The molecule has 0 saturated carbocycles. The smallest absolute Gasteiger partial charge is 0.251 e. The normalized spacial score (nSPS) is 10.2. The van der Waals surface area contributed by atoms with Crippen LogP contribution in [0.5, 0.6) is 5.75 Å². The van der Waals surface area contributed by atoms with Gasteiger partial charge in [0.1, 0.15) is 5.75 Å². The molecule has 0 radical (unpaired) electrons. The maximum Gasteiger partial charge on any atom is 0.251 e. The van der Waals surface area contributed by atoms with Crippen LogP contribution in [-0.2, 0) is 6.54 Å². The van der Waals surface area contributed by atoms with Crippen LogP contribution >= 0.6 is 11.6 Å². The highest BCUT2D eigenvalue weighted by molar-refractivity contribution is 6.33. The van der Waals surface area contributed by atoms with Crippen molar-refractivity contribution in [2.45, 2.75) is 6.54 Å². The largest absolute Gasteiger partial charge is 0.508 e. The number of benzene rings is 2. The van der Waals surface area contributed by atoms with Crippen molar-refractivity contribution < 1.29 is 9.90 Å². The Morgan fingerprint density at radius 3 is 2.68 bits per heavy atom. The van der Waals surface area contributed by atoms with Gasteiger partial charge in [-0.15, -0.1) is 0 Å². The van der Waals surface area contributed by atoms with Crippen LogP contribution in [0.15, 0.2) is 42.5 Å². The van der Waals surface area contributed by atoms with Gasteiger partial charge in [-0.25, -0.2) is 0 Å². The van der Waals surface area contributed by atoms with Gasteiger partial charge in [0.15, 0.2) is 0 Å². The van der Waals surface area contributed by atoms with Gasteiger partial charge in [0.25, 0.3) is 5.91 Å². The maximum absolute atomic E-state index is 11.9. The Morgan fingerprint density at radius 1 is 1.26 bits per heavy atom. The summed E-state index contributed by atoms with van der Waals surface area (Å²) in [5.41, 5.74) is 7.08. The fourth-order valence-corrected chi connectivity index (χ4v) is 1.79. The number of nitrogens with two attached hydrogens (primary N) is 1. The fourth-order valence-electron chi connectivity index (χ4n) is 1.61. The van der Waals surface area contributed by atoms with Crippen molar-refractivity contribution >= 4 is 23.2 Å². The van der Waals surface area contributed by atoms with Gasteiger partial charge in [-0.2, -0.15) is 0 Å². The topological polar surface area (TPSA) is 75.4 Å². The molecule has 4 N–H and O–H groups in total. The molecule has 0 aliphatic rings. The highest BCUT2D eigenvalue weighted by atomic mass is 35.5. The Balaban J connectivity index is 2.05. The molecule has 1 amide bonds. The highest BCUT2D eigenvalue weighted by Crippen LogP contribution is 2.20. The molecule has 0 heterocycles. The van der Waals surface area contributed by atoms with E-state index < -0.39 is 0 Å². The number of phenolic OH excluding ortho intramolecular Hbond substituents is 1. The molecule has 0 fully saturated rings. The molecule has 5 heteroatoms. The Morgan fingerprint density at radius 2 is 2.00 bits per heavy atom. The molecule has 0 aliphatic carbocycles. The van der Waals surface area contributed by atoms with Crippen LogP contribution in [0, 0.1) is 0 Å². The first-order valence-electron chi connectivity index (χ1n) is 5.68. The minimum absolute atomic E-state index is 0.151. The number of hydrogen-bond acceptors (Lipinski definition) is 3. The molecule has 0 aromatic heterocycles. The monoisotopic (exact) mass is 276 g/mol. The van der Waals surface area contributed by atoms with E-state index in [1.165, 1.54) is 6.07 Å². The van der Waals surface area contributed by atoms with Crippen LogP contribution in [0.3, 0.4) is 0 Å². The van der Waals surface area contributed by atoms with Crippen molar-refractivity contribution in [3.8, 4) is 5.75 Å². The lowest BCUT2D eigenvalue weighted by atomic mass is 10.1. The van der Waals surface area contributed by atoms with Crippen LogP contribution in [0.4, 0.5) is 5.69 Å². The average Bonchev–Trinajstić information content (AvgIpc) is 2.40. The summed E-state index contributed by atoms with van der Waals surface area (Å²) in [6.45, 7) is 0.244. The Kier molecular flexibility index (Phi) is 3.92. The van der Waals surface area contributed by atoms with E-state index in [9.17, 15) is 9.90 Å². The standard InChI is InChI=1S/C14H13ClN2O2/c15-11-7-9(5-6-12(11)16)14(19)17-8-10-3-1-2-4-13(10)18/h1-7,18H,8,16H2,(H,17,19). The molecule has 4 nitrogen and oxygen atoms in total. The SMILES string of the molecule is Nc1ccc(C(=O)NCc2ccccc2O)cc1Cl. The molecule has 2 aromatic rings. The first-order chi connectivity index (χ1) is 9.08. The maximum atomic E-state index is 11.9. The molecule has 19 heavy (non-hydrogen) atoms. The second kappa shape index (κ2) is 5.63. The van der Waals surface area contributed by atoms with Gasteiger partial charge in [-0.1, -0.05) is 29.8 Å². The molecule has 98 valence electrons. The number of amides is 1. The average molecular weight is 277 g/mol. The van der Waals surface area contributed by atoms with Gasteiger partial charge in [0.2, 0.25) is 0 Å². The van der Waals surface area contributed by atoms with Gasteiger partial charge in [-0.05, 0) is 24.3 Å². The molecule has 2 rings (SSSR count).